The lowest BCUT2D eigenvalue weighted by Gasteiger charge is -2.31. The second-order valence-corrected chi connectivity index (χ2v) is 7.44. The SMILES string of the molecule is CCN(CC(C)(C)O)c1c(CNC(C)(C)C)c(C)nn1C. The molecule has 0 aliphatic rings. The third-order valence-electron chi connectivity index (χ3n) is 3.37. The molecule has 1 heterocycles. The normalized spacial score (nSPS) is 12.8. The minimum absolute atomic E-state index is 0.0623. The summed E-state index contributed by atoms with van der Waals surface area (Å²) in [6, 6.07) is 0. The van der Waals surface area contributed by atoms with Crippen molar-refractivity contribution in [1.29, 1.82) is 0 Å². The van der Waals surface area contributed by atoms with Crippen LogP contribution in [0.2, 0.25) is 0 Å². The Morgan fingerprint density at radius 3 is 2.24 bits per heavy atom. The number of hydrogen-bond acceptors (Lipinski definition) is 4. The molecular formula is C16H32N4O. The average Bonchev–Trinajstić information content (AvgIpc) is 2.56. The van der Waals surface area contributed by atoms with E-state index in [2.05, 4.69) is 43.0 Å². The zero-order valence-corrected chi connectivity index (χ0v) is 14.9. The number of aromatic nitrogens is 2. The first kappa shape index (κ1) is 18.0. The Morgan fingerprint density at radius 1 is 1.24 bits per heavy atom. The van der Waals surface area contributed by atoms with E-state index in [0.717, 1.165) is 24.6 Å². The van der Waals surface area contributed by atoms with Crippen LogP contribution in [0.3, 0.4) is 0 Å². The summed E-state index contributed by atoms with van der Waals surface area (Å²) in [6.07, 6.45) is 0. The maximum absolute atomic E-state index is 10.1. The van der Waals surface area contributed by atoms with Crippen LogP contribution >= 0.6 is 0 Å². The van der Waals surface area contributed by atoms with E-state index >= 15 is 0 Å². The molecular weight excluding hydrogens is 264 g/mol. The van der Waals surface area contributed by atoms with Crippen LogP contribution in [0.5, 0.6) is 0 Å². The molecule has 0 aliphatic heterocycles. The summed E-state index contributed by atoms with van der Waals surface area (Å²) in [5.74, 6) is 1.09. The molecule has 1 aromatic rings. The van der Waals surface area contributed by atoms with Crippen molar-refractivity contribution in [3.63, 3.8) is 0 Å². The summed E-state index contributed by atoms with van der Waals surface area (Å²) in [6.45, 7) is 16.5. The van der Waals surface area contributed by atoms with Gasteiger partial charge in [0.1, 0.15) is 5.82 Å². The Morgan fingerprint density at radius 2 is 1.81 bits per heavy atom. The zero-order valence-electron chi connectivity index (χ0n) is 14.9. The van der Waals surface area contributed by atoms with Gasteiger partial charge >= 0.3 is 0 Å². The second-order valence-electron chi connectivity index (χ2n) is 7.44. The molecule has 5 nitrogen and oxygen atoms in total. The standard InChI is InChI=1S/C16H32N4O/c1-9-20(11-16(6,7)21)14-13(10-17-15(3,4)5)12(2)18-19(14)8/h17,21H,9-11H2,1-8H3. The van der Waals surface area contributed by atoms with Crippen molar-refractivity contribution in [1.82, 2.24) is 15.1 Å². The fourth-order valence-corrected chi connectivity index (χ4v) is 2.45. The lowest BCUT2D eigenvalue weighted by atomic mass is 10.1. The molecule has 0 radical (unpaired) electrons. The number of anilines is 1. The first-order valence-electron chi connectivity index (χ1n) is 7.69. The molecule has 0 saturated carbocycles. The van der Waals surface area contributed by atoms with Gasteiger partial charge in [0.25, 0.3) is 0 Å². The number of nitrogens with zero attached hydrogens (tertiary/aromatic N) is 3. The number of nitrogens with one attached hydrogen (secondary N) is 1. The summed E-state index contributed by atoms with van der Waals surface area (Å²) in [5.41, 5.74) is 1.58. The van der Waals surface area contributed by atoms with Gasteiger partial charge in [-0.1, -0.05) is 0 Å². The van der Waals surface area contributed by atoms with Gasteiger partial charge < -0.3 is 15.3 Å². The van der Waals surface area contributed by atoms with Crippen LogP contribution in [0.15, 0.2) is 0 Å². The molecule has 0 atom stereocenters. The van der Waals surface area contributed by atoms with Gasteiger partial charge in [0.15, 0.2) is 0 Å². The molecule has 0 bridgehead atoms. The van der Waals surface area contributed by atoms with Crippen LogP contribution in [0.25, 0.3) is 0 Å². The van der Waals surface area contributed by atoms with Crippen molar-refractivity contribution in [2.24, 2.45) is 7.05 Å². The average molecular weight is 296 g/mol. The van der Waals surface area contributed by atoms with E-state index in [1.54, 1.807) is 0 Å². The van der Waals surface area contributed by atoms with Gasteiger partial charge in [-0.2, -0.15) is 5.10 Å². The highest BCUT2D eigenvalue weighted by molar-refractivity contribution is 5.50. The maximum atomic E-state index is 10.1. The van der Waals surface area contributed by atoms with Crippen molar-refractivity contribution in [2.75, 3.05) is 18.0 Å². The van der Waals surface area contributed by atoms with Gasteiger partial charge in [0, 0.05) is 37.8 Å². The Hall–Kier alpha value is -1.07. The van der Waals surface area contributed by atoms with E-state index in [1.165, 1.54) is 5.56 Å². The number of aryl methyl sites for hydroxylation is 2. The fraction of sp³-hybridized carbons (Fsp3) is 0.812. The highest BCUT2D eigenvalue weighted by Crippen LogP contribution is 2.25. The van der Waals surface area contributed by atoms with E-state index in [-0.39, 0.29) is 5.54 Å². The highest BCUT2D eigenvalue weighted by Gasteiger charge is 2.24. The minimum Gasteiger partial charge on any atom is -0.389 e. The van der Waals surface area contributed by atoms with E-state index < -0.39 is 5.60 Å². The third kappa shape index (κ3) is 5.32. The van der Waals surface area contributed by atoms with Gasteiger partial charge in [0.05, 0.1) is 11.3 Å². The Balaban J connectivity index is 3.09. The number of likely N-dealkylation sites (N-methyl/N-ethyl adjacent to an activating group) is 1. The molecule has 1 aromatic heterocycles. The van der Waals surface area contributed by atoms with Gasteiger partial charge in [0.2, 0.25) is 0 Å². The van der Waals surface area contributed by atoms with Crippen molar-refractivity contribution < 1.29 is 5.11 Å². The van der Waals surface area contributed by atoms with Crippen molar-refractivity contribution in [3.8, 4) is 0 Å². The van der Waals surface area contributed by atoms with Crippen LogP contribution in [-0.2, 0) is 13.6 Å². The first-order valence-corrected chi connectivity index (χ1v) is 7.69. The topological polar surface area (TPSA) is 53.3 Å². The Bertz CT molecular complexity index is 466. The van der Waals surface area contributed by atoms with Gasteiger partial charge in [-0.25, -0.2) is 0 Å². The zero-order chi connectivity index (χ0) is 16.4. The summed E-state index contributed by atoms with van der Waals surface area (Å²) in [4.78, 5) is 2.19. The fourth-order valence-electron chi connectivity index (χ4n) is 2.45. The highest BCUT2D eigenvalue weighted by atomic mass is 16.3. The molecule has 0 unspecified atom stereocenters. The largest absolute Gasteiger partial charge is 0.389 e. The molecule has 0 saturated heterocycles. The molecule has 2 N–H and O–H groups in total. The van der Waals surface area contributed by atoms with E-state index in [0.29, 0.717) is 6.54 Å². The van der Waals surface area contributed by atoms with Crippen LogP contribution in [0, 0.1) is 6.92 Å². The van der Waals surface area contributed by atoms with Crippen molar-refractivity contribution in [2.45, 2.75) is 66.2 Å². The van der Waals surface area contributed by atoms with E-state index in [4.69, 9.17) is 0 Å². The molecule has 21 heavy (non-hydrogen) atoms. The molecule has 122 valence electrons. The quantitative estimate of drug-likeness (QED) is 0.845. The summed E-state index contributed by atoms with van der Waals surface area (Å²) in [7, 11) is 1.97. The van der Waals surface area contributed by atoms with Crippen LogP contribution in [0.4, 0.5) is 5.82 Å². The molecule has 0 spiro atoms. The predicted molar refractivity (Wildman–Crippen MR) is 88.7 cm³/mol. The molecule has 0 amide bonds. The van der Waals surface area contributed by atoms with Gasteiger partial charge in [-0.15, -0.1) is 0 Å². The Labute approximate surface area is 129 Å². The van der Waals surface area contributed by atoms with Crippen molar-refractivity contribution in [3.05, 3.63) is 11.3 Å². The molecule has 0 fully saturated rings. The summed E-state index contributed by atoms with van der Waals surface area (Å²) >= 11 is 0. The van der Waals surface area contributed by atoms with Gasteiger partial charge in [-0.3, -0.25) is 4.68 Å². The number of rotatable bonds is 6. The Kier molecular flexibility index (Phi) is 5.45. The monoisotopic (exact) mass is 296 g/mol. The van der Waals surface area contributed by atoms with Crippen LogP contribution < -0.4 is 10.2 Å². The molecule has 0 aromatic carbocycles. The molecule has 1 rings (SSSR count). The number of aliphatic hydroxyl groups is 1. The maximum Gasteiger partial charge on any atom is 0.131 e. The predicted octanol–water partition coefficient (Wildman–Crippen LogP) is 2.21. The second kappa shape index (κ2) is 6.36. The molecule has 5 heteroatoms. The smallest absolute Gasteiger partial charge is 0.131 e. The number of hydrogen-bond donors (Lipinski definition) is 2. The first-order chi connectivity index (χ1) is 9.44. The van der Waals surface area contributed by atoms with Crippen LogP contribution in [-0.4, -0.2) is 39.1 Å². The molecule has 0 aliphatic carbocycles. The summed E-state index contributed by atoms with van der Waals surface area (Å²) < 4.78 is 1.92. The lowest BCUT2D eigenvalue weighted by molar-refractivity contribution is 0.0872. The van der Waals surface area contributed by atoms with E-state index in [9.17, 15) is 5.11 Å². The minimum atomic E-state index is -0.733. The van der Waals surface area contributed by atoms with Crippen molar-refractivity contribution >= 4 is 5.82 Å². The summed E-state index contributed by atoms with van der Waals surface area (Å²) in [5, 5.41) is 18.2. The van der Waals surface area contributed by atoms with E-state index in [1.807, 2.05) is 32.5 Å². The lowest BCUT2D eigenvalue weighted by Crippen LogP contribution is -2.40. The third-order valence-corrected chi connectivity index (χ3v) is 3.37. The van der Waals surface area contributed by atoms with Gasteiger partial charge in [-0.05, 0) is 48.5 Å². The van der Waals surface area contributed by atoms with Crippen LogP contribution in [0.1, 0.15) is 52.8 Å².